The van der Waals surface area contributed by atoms with Crippen LogP contribution in [-0.4, -0.2) is 49.3 Å². The summed E-state index contributed by atoms with van der Waals surface area (Å²) in [6, 6.07) is 5.35. The molecule has 0 aliphatic carbocycles. The van der Waals surface area contributed by atoms with Crippen LogP contribution in [0.25, 0.3) is 0 Å². The van der Waals surface area contributed by atoms with Crippen LogP contribution in [-0.2, 0) is 21.4 Å². The van der Waals surface area contributed by atoms with Gasteiger partial charge in [0.15, 0.2) is 5.13 Å². The molecular weight excluding hydrogens is 456 g/mol. The van der Waals surface area contributed by atoms with E-state index in [-0.39, 0.29) is 17.3 Å². The lowest BCUT2D eigenvalue weighted by atomic mass is 10.1. The lowest BCUT2D eigenvalue weighted by molar-refractivity contribution is -0.124. The van der Waals surface area contributed by atoms with Crippen LogP contribution in [0.2, 0.25) is 5.02 Å². The van der Waals surface area contributed by atoms with E-state index in [0.29, 0.717) is 18.0 Å². The smallest absolute Gasteiger partial charge is 0.244 e. The van der Waals surface area contributed by atoms with Gasteiger partial charge in [-0.15, -0.1) is 11.3 Å². The first-order valence-corrected chi connectivity index (χ1v) is 13.3. The number of nitrogens with zero attached hydrogens (tertiary/aromatic N) is 3. The molecule has 2 aromatic rings. The quantitative estimate of drug-likeness (QED) is 0.679. The Kier molecular flexibility index (Phi) is 7.15. The van der Waals surface area contributed by atoms with E-state index in [1.54, 1.807) is 18.3 Å². The van der Waals surface area contributed by atoms with Gasteiger partial charge in [0.2, 0.25) is 15.9 Å². The fourth-order valence-electron chi connectivity index (χ4n) is 4.06. The molecule has 1 N–H and O–H groups in total. The fourth-order valence-corrected chi connectivity index (χ4v) is 6.82. The van der Waals surface area contributed by atoms with Gasteiger partial charge < -0.3 is 10.2 Å². The number of nitrogens with one attached hydrogen (secondary N) is 1. The van der Waals surface area contributed by atoms with Gasteiger partial charge in [-0.25, -0.2) is 13.4 Å². The van der Waals surface area contributed by atoms with E-state index in [0.717, 1.165) is 48.8 Å². The van der Waals surface area contributed by atoms with Gasteiger partial charge in [0.05, 0.1) is 11.4 Å². The number of carbonyl (C=O) groups is 1. The van der Waals surface area contributed by atoms with E-state index in [9.17, 15) is 13.2 Å². The Labute approximate surface area is 192 Å². The van der Waals surface area contributed by atoms with Gasteiger partial charge in [-0.3, -0.25) is 4.79 Å². The van der Waals surface area contributed by atoms with Crippen LogP contribution in [0.4, 0.5) is 5.13 Å². The normalized spacial score (nSPS) is 20.5. The Balaban J connectivity index is 1.64. The minimum absolute atomic E-state index is 0.120. The topological polar surface area (TPSA) is 82.6 Å². The van der Waals surface area contributed by atoms with Crippen molar-refractivity contribution >= 4 is 44.0 Å². The number of piperidine rings is 1. The first kappa shape index (κ1) is 22.5. The van der Waals surface area contributed by atoms with Crippen LogP contribution in [0.15, 0.2) is 35.4 Å². The maximum absolute atomic E-state index is 13.6. The average molecular weight is 483 g/mol. The number of rotatable bonds is 6. The molecule has 2 aliphatic heterocycles. The van der Waals surface area contributed by atoms with Crippen LogP contribution in [0.3, 0.4) is 0 Å². The second-order valence-electron chi connectivity index (χ2n) is 7.96. The Morgan fingerprint density at radius 1 is 1.13 bits per heavy atom. The van der Waals surface area contributed by atoms with Crippen molar-refractivity contribution < 1.29 is 13.2 Å². The fraction of sp³-hybridized carbons (Fsp3) is 0.524. The zero-order valence-corrected chi connectivity index (χ0v) is 19.7. The molecule has 0 unspecified atom stereocenters. The summed E-state index contributed by atoms with van der Waals surface area (Å²) in [4.78, 5) is 20.5. The number of thiazole rings is 1. The van der Waals surface area contributed by atoms with Crippen molar-refractivity contribution in [2.45, 2.75) is 56.0 Å². The zero-order chi connectivity index (χ0) is 21.8. The Morgan fingerprint density at radius 3 is 2.61 bits per heavy atom. The summed E-state index contributed by atoms with van der Waals surface area (Å²) in [6.07, 6.45) is 7.40. The highest BCUT2D eigenvalue weighted by Crippen LogP contribution is 2.30. The molecule has 0 bridgehead atoms. The number of hydrogen-bond acceptors (Lipinski definition) is 6. The van der Waals surface area contributed by atoms with E-state index < -0.39 is 16.1 Å². The second-order valence-corrected chi connectivity index (χ2v) is 11.4. The monoisotopic (exact) mass is 482 g/mol. The van der Waals surface area contributed by atoms with Crippen LogP contribution in [0.5, 0.6) is 0 Å². The van der Waals surface area contributed by atoms with Gasteiger partial charge in [0, 0.05) is 35.7 Å². The summed E-state index contributed by atoms with van der Waals surface area (Å²) in [5, 5.41) is 4.25. The van der Waals surface area contributed by atoms with Gasteiger partial charge in [-0.05, 0) is 62.8 Å². The molecule has 4 rings (SSSR count). The number of benzene rings is 1. The molecule has 3 heterocycles. The van der Waals surface area contributed by atoms with E-state index in [1.807, 2.05) is 0 Å². The van der Waals surface area contributed by atoms with Gasteiger partial charge in [0.25, 0.3) is 0 Å². The van der Waals surface area contributed by atoms with Crippen LogP contribution in [0, 0.1) is 0 Å². The third-order valence-corrected chi connectivity index (χ3v) is 8.92. The van der Waals surface area contributed by atoms with Crippen molar-refractivity contribution in [1.29, 1.82) is 0 Å². The van der Waals surface area contributed by atoms with Crippen molar-refractivity contribution in [3.63, 3.8) is 0 Å². The van der Waals surface area contributed by atoms with Crippen LogP contribution in [0.1, 0.15) is 43.4 Å². The Bertz CT molecular complexity index is 1000. The highest BCUT2D eigenvalue weighted by molar-refractivity contribution is 7.89. The first-order valence-electron chi connectivity index (χ1n) is 10.7. The summed E-state index contributed by atoms with van der Waals surface area (Å²) in [5.74, 6) is -0.240. The summed E-state index contributed by atoms with van der Waals surface area (Å²) >= 11 is 7.47. The van der Waals surface area contributed by atoms with Crippen LogP contribution >= 0.6 is 22.9 Å². The molecule has 2 aliphatic rings. The van der Waals surface area contributed by atoms with Gasteiger partial charge in [-0.1, -0.05) is 11.6 Å². The minimum atomic E-state index is -3.90. The highest BCUT2D eigenvalue weighted by Gasteiger charge is 2.37. The van der Waals surface area contributed by atoms with E-state index in [1.165, 1.54) is 34.2 Å². The predicted molar refractivity (Wildman–Crippen MR) is 123 cm³/mol. The number of hydrogen-bond donors (Lipinski definition) is 1. The molecule has 10 heteroatoms. The highest BCUT2D eigenvalue weighted by atomic mass is 35.5. The summed E-state index contributed by atoms with van der Waals surface area (Å²) in [6.45, 7) is 2.65. The minimum Gasteiger partial charge on any atom is -0.355 e. The molecule has 168 valence electrons. The molecular formula is C21H27ClN4O3S2. The molecule has 1 atom stereocenters. The molecule has 31 heavy (non-hydrogen) atoms. The van der Waals surface area contributed by atoms with Gasteiger partial charge >= 0.3 is 0 Å². The summed E-state index contributed by atoms with van der Waals surface area (Å²) in [5.41, 5.74) is 0. The summed E-state index contributed by atoms with van der Waals surface area (Å²) in [7, 11) is -3.90. The molecule has 0 saturated carbocycles. The standard InChI is InChI=1S/C21H27ClN4O3S2/c22-16-7-9-18(10-8-16)31(28,29)26(19-6-2-3-11-23-20(19)27)15-17-14-24-21(30-17)25-12-4-1-5-13-25/h7-10,14,19H,1-6,11-13,15H2,(H,23,27)/t19-/m1/s1. The van der Waals surface area contributed by atoms with E-state index in [4.69, 9.17) is 11.6 Å². The van der Waals surface area contributed by atoms with Gasteiger partial charge in [0.1, 0.15) is 6.04 Å². The number of carbonyl (C=O) groups excluding carboxylic acids is 1. The van der Waals surface area contributed by atoms with Crippen molar-refractivity contribution in [2.75, 3.05) is 24.5 Å². The molecule has 1 aromatic carbocycles. The molecule has 1 amide bonds. The lowest BCUT2D eigenvalue weighted by Gasteiger charge is -2.29. The first-order chi connectivity index (χ1) is 14.9. The number of amides is 1. The van der Waals surface area contributed by atoms with Gasteiger partial charge in [-0.2, -0.15) is 4.31 Å². The van der Waals surface area contributed by atoms with E-state index in [2.05, 4.69) is 15.2 Å². The second kappa shape index (κ2) is 9.85. The molecule has 2 fully saturated rings. The van der Waals surface area contributed by atoms with Crippen molar-refractivity contribution in [3.05, 3.63) is 40.4 Å². The number of sulfonamides is 1. The van der Waals surface area contributed by atoms with Crippen molar-refractivity contribution in [3.8, 4) is 0 Å². The SMILES string of the molecule is O=C1NCCCC[C@H]1N(Cc1cnc(N2CCCCC2)s1)S(=O)(=O)c1ccc(Cl)cc1. The maximum atomic E-state index is 13.6. The predicted octanol–water partition coefficient (Wildman–Crippen LogP) is 3.65. The third-order valence-electron chi connectivity index (χ3n) is 5.75. The third kappa shape index (κ3) is 5.22. The molecule has 7 nitrogen and oxygen atoms in total. The van der Waals surface area contributed by atoms with Crippen LogP contribution < -0.4 is 10.2 Å². The van der Waals surface area contributed by atoms with E-state index >= 15 is 0 Å². The Morgan fingerprint density at radius 2 is 1.87 bits per heavy atom. The molecule has 0 radical (unpaired) electrons. The zero-order valence-electron chi connectivity index (χ0n) is 17.3. The molecule has 0 spiro atoms. The lowest BCUT2D eigenvalue weighted by Crippen LogP contribution is -2.48. The molecule has 1 aromatic heterocycles. The van der Waals surface area contributed by atoms with Crippen molar-refractivity contribution in [2.24, 2.45) is 0 Å². The average Bonchev–Trinajstić information content (AvgIpc) is 3.14. The number of halogens is 1. The Hall–Kier alpha value is -1.68. The largest absolute Gasteiger partial charge is 0.355 e. The van der Waals surface area contributed by atoms with Crippen molar-refractivity contribution in [1.82, 2.24) is 14.6 Å². The maximum Gasteiger partial charge on any atom is 0.244 e. The number of anilines is 1. The molecule has 2 saturated heterocycles. The summed E-state index contributed by atoms with van der Waals surface area (Å²) < 4.78 is 28.5. The number of aromatic nitrogens is 1.